The largest absolute Gasteiger partial charge is 0.463 e. The van der Waals surface area contributed by atoms with E-state index in [1.165, 1.54) is 19.3 Å². The van der Waals surface area contributed by atoms with Crippen LogP contribution in [0.4, 0.5) is 0 Å². The monoisotopic (exact) mass is 280 g/mol. The van der Waals surface area contributed by atoms with Crippen LogP contribution < -0.4 is 0 Å². The number of carbonyl (C=O) groups is 1. The summed E-state index contributed by atoms with van der Waals surface area (Å²) in [4.78, 5) is 12.1. The fraction of sp³-hybridized carbons (Fsp3) is 0.688. The predicted octanol–water partition coefficient (Wildman–Crippen LogP) is 4.42. The van der Waals surface area contributed by atoms with Crippen molar-refractivity contribution in [2.24, 2.45) is 11.8 Å². The molecule has 2 nitrogen and oxygen atoms in total. The fourth-order valence-corrected chi connectivity index (χ4v) is 4.17. The van der Waals surface area contributed by atoms with E-state index in [0.29, 0.717) is 18.4 Å². The van der Waals surface area contributed by atoms with Crippen molar-refractivity contribution in [3.8, 4) is 0 Å². The van der Waals surface area contributed by atoms with Crippen LogP contribution in [0.2, 0.25) is 25.7 Å². The molecule has 0 amide bonds. The van der Waals surface area contributed by atoms with Gasteiger partial charge in [-0.3, -0.25) is 0 Å². The van der Waals surface area contributed by atoms with Gasteiger partial charge in [0.25, 0.3) is 0 Å². The molecule has 2 unspecified atom stereocenters. The number of hydrogen-bond donors (Lipinski definition) is 0. The van der Waals surface area contributed by atoms with Gasteiger partial charge in [-0.15, -0.1) is 6.58 Å². The van der Waals surface area contributed by atoms with Gasteiger partial charge in [0.2, 0.25) is 0 Å². The Bertz CT molecular complexity index is 352. The van der Waals surface area contributed by atoms with Gasteiger partial charge < -0.3 is 4.74 Å². The second kappa shape index (κ2) is 7.08. The molecule has 1 aliphatic carbocycles. The van der Waals surface area contributed by atoms with Gasteiger partial charge in [0, 0.05) is 13.6 Å². The third kappa shape index (κ3) is 5.35. The van der Waals surface area contributed by atoms with E-state index in [1.54, 1.807) is 0 Å². The molecule has 1 rings (SSSR count). The number of carbonyl (C=O) groups excluding carboxylic acids is 1. The molecule has 1 saturated carbocycles. The quantitative estimate of drug-likeness (QED) is 0.312. The van der Waals surface area contributed by atoms with Gasteiger partial charge in [-0.25, -0.2) is 4.79 Å². The number of ether oxygens (including phenoxy) is 1. The molecule has 0 aromatic carbocycles. The summed E-state index contributed by atoms with van der Waals surface area (Å²) in [6, 6.07) is 0.909. The number of hydrogen-bond acceptors (Lipinski definition) is 2. The van der Waals surface area contributed by atoms with Crippen LogP contribution in [0, 0.1) is 11.8 Å². The highest BCUT2D eigenvalue weighted by molar-refractivity contribution is 6.77. The lowest BCUT2D eigenvalue weighted by Gasteiger charge is -2.20. The molecule has 3 heteroatoms. The third-order valence-corrected chi connectivity index (χ3v) is 5.04. The Kier molecular flexibility index (Phi) is 6.05. The van der Waals surface area contributed by atoms with Crippen molar-refractivity contribution in [2.45, 2.75) is 51.9 Å². The lowest BCUT2D eigenvalue weighted by molar-refractivity contribution is -0.138. The normalized spacial score (nSPS) is 24.3. The first-order chi connectivity index (χ1) is 8.87. The minimum Gasteiger partial charge on any atom is -0.463 e. The molecule has 0 spiro atoms. The van der Waals surface area contributed by atoms with Crippen molar-refractivity contribution in [1.29, 1.82) is 0 Å². The van der Waals surface area contributed by atoms with E-state index >= 15 is 0 Å². The first kappa shape index (κ1) is 16.2. The van der Waals surface area contributed by atoms with E-state index in [-0.39, 0.29) is 5.97 Å². The summed E-state index contributed by atoms with van der Waals surface area (Å²) >= 11 is 0. The zero-order valence-electron chi connectivity index (χ0n) is 12.9. The van der Waals surface area contributed by atoms with Crippen LogP contribution in [0.5, 0.6) is 0 Å². The molecule has 19 heavy (non-hydrogen) atoms. The fourth-order valence-electron chi connectivity index (χ4n) is 2.77. The van der Waals surface area contributed by atoms with E-state index in [4.69, 9.17) is 4.74 Å². The summed E-state index contributed by atoms with van der Waals surface area (Å²) in [5, 5.41) is 0. The molecule has 0 saturated heterocycles. The van der Waals surface area contributed by atoms with E-state index in [0.717, 1.165) is 11.6 Å². The van der Waals surface area contributed by atoms with Crippen molar-refractivity contribution in [3.05, 3.63) is 24.3 Å². The maximum Gasteiger partial charge on any atom is 0.333 e. The van der Waals surface area contributed by atoms with Crippen LogP contribution in [-0.2, 0) is 9.53 Å². The average molecular weight is 280 g/mol. The summed E-state index contributed by atoms with van der Waals surface area (Å²) in [5.41, 5.74) is 0.903. The number of esters is 1. The van der Waals surface area contributed by atoms with Crippen molar-refractivity contribution in [1.82, 2.24) is 0 Å². The summed E-state index contributed by atoms with van der Waals surface area (Å²) < 4.78 is 5.22. The summed E-state index contributed by atoms with van der Waals surface area (Å²) in [6.45, 7) is 13.1. The lowest BCUT2D eigenvalue weighted by Crippen LogP contribution is -2.24. The van der Waals surface area contributed by atoms with E-state index in [1.807, 2.05) is 13.0 Å². The molecular formula is C16H28O2Si. The highest BCUT2D eigenvalue weighted by atomic mass is 28.3. The second-order valence-electron chi connectivity index (χ2n) is 6.64. The molecule has 2 atom stereocenters. The standard InChI is InChI=1S/C16H28O2Si/c1-6-13-9-8-10-14(13)11-15(12-19(3,4)5)16(17)18-7-2/h6,11,13-14H,1,7-10,12H2,2-5H3/b15-11-. The SMILES string of the molecule is C=CC1CCCC1/C=C(/C[Si](C)(C)C)C(=O)OCC. The smallest absolute Gasteiger partial charge is 0.333 e. The molecule has 0 aromatic heterocycles. The van der Waals surface area contributed by atoms with Gasteiger partial charge in [-0.1, -0.05) is 38.2 Å². The Hall–Kier alpha value is -0.833. The van der Waals surface area contributed by atoms with Crippen LogP contribution in [0.3, 0.4) is 0 Å². The van der Waals surface area contributed by atoms with Crippen LogP contribution in [-0.4, -0.2) is 20.7 Å². The Labute approximate surface area is 118 Å². The highest BCUT2D eigenvalue weighted by Gasteiger charge is 2.27. The van der Waals surface area contributed by atoms with Crippen LogP contribution >= 0.6 is 0 Å². The highest BCUT2D eigenvalue weighted by Crippen LogP contribution is 2.35. The minimum atomic E-state index is -1.31. The Morgan fingerprint density at radius 1 is 1.32 bits per heavy atom. The number of allylic oxidation sites excluding steroid dienone is 2. The Balaban J connectivity index is 2.88. The molecular weight excluding hydrogens is 252 g/mol. The lowest BCUT2D eigenvalue weighted by atomic mass is 9.94. The van der Waals surface area contributed by atoms with Gasteiger partial charge in [0.15, 0.2) is 0 Å². The Morgan fingerprint density at radius 3 is 2.47 bits per heavy atom. The van der Waals surface area contributed by atoms with Crippen molar-refractivity contribution < 1.29 is 9.53 Å². The average Bonchev–Trinajstić information content (AvgIpc) is 2.74. The molecule has 1 fully saturated rings. The first-order valence-electron chi connectivity index (χ1n) is 7.37. The van der Waals surface area contributed by atoms with Crippen LogP contribution in [0.25, 0.3) is 0 Å². The van der Waals surface area contributed by atoms with Gasteiger partial charge in [-0.05, 0) is 37.6 Å². The van der Waals surface area contributed by atoms with Gasteiger partial charge in [0.05, 0.1) is 6.61 Å². The molecule has 0 bridgehead atoms. The number of rotatable bonds is 6. The van der Waals surface area contributed by atoms with Crippen LogP contribution in [0.15, 0.2) is 24.3 Å². The zero-order valence-corrected chi connectivity index (χ0v) is 13.9. The van der Waals surface area contributed by atoms with Gasteiger partial charge in [-0.2, -0.15) is 0 Å². The first-order valence-corrected chi connectivity index (χ1v) is 11.1. The summed E-state index contributed by atoms with van der Waals surface area (Å²) in [7, 11) is -1.31. The molecule has 0 heterocycles. The minimum absolute atomic E-state index is 0.111. The van der Waals surface area contributed by atoms with E-state index in [2.05, 4.69) is 32.3 Å². The van der Waals surface area contributed by atoms with Crippen molar-refractivity contribution in [3.63, 3.8) is 0 Å². The van der Waals surface area contributed by atoms with Crippen LogP contribution in [0.1, 0.15) is 26.2 Å². The molecule has 0 N–H and O–H groups in total. The van der Waals surface area contributed by atoms with E-state index < -0.39 is 8.07 Å². The maximum absolute atomic E-state index is 12.1. The predicted molar refractivity (Wildman–Crippen MR) is 83.9 cm³/mol. The third-order valence-electron chi connectivity index (χ3n) is 3.60. The van der Waals surface area contributed by atoms with Gasteiger partial charge >= 0.3 is 5.97 Å². The molecule has 108 valence electrons. The van der Waals surface area contributed by atoms with E-state index in [9.17, 15) is 4.79 Å². The van der Waals surface area contributed by atoms with Crippen molar-refractivity contribution in [2.75, 3.05) is 6.61 Å². The second-order valence-corrected chi connectivity index (χ2v) is 12.1. The molecule has 0 aromatic rings. The summed E-state index contributed by atoms with van der Waals surface area (Å²) in [5.74, 6) is 0.902. The Morgan fingerprint density at radius 2 is 1.95 bits per heavy atom. The zero-order chi connectivity index (χ0) is 14.5. The van der Waals surface area contributed by atoms with Gasteiger partial charge in [0.1, 0.15) is 0 Å². The summed E-state index contributed by atoms with van der Waals surface area (Å²) in [6.07, 6.45) is 7.85. The van der Waals surface area contributed by atoms with Crippen molar-refractivity contribution >= 4 is 14.0 Å². The maximum atomic E-state index is 12.1. The molecule has 0 aliphatic heterocycles. The topological polar surface area (TPSA) is 26.3 Å². The molecule has 1 aliphatic rings. The molecule has 0 radical (unpaired) electrons.